The number of fused-ring (bicyclic) bond motifs is 1. The summed E-state index contributed by atoms with van der Waals surface area (Å²) in [6.07, 6.45) is 1.73. The van der Waals surface area contributed by atoms with E-state index in [1.807, 2.05) is 18.2 Å². The Morgan fingerprint density at radius 2 is 2.24 bits per heavy atom. The van der Waals surface area contributed by atoms with Gasteiger partial charge in [-0.25, -0.2) is 4.98 Å². The van der Waals surface area contributed by atoms with Gasteiger partial charge in [0.2, 0.25) is 0 Å². The highest BCUT2D eigenvalue weighted by Gasteiger charge is 2.03. The number of pyridine rings is 1. The Bertz CT molecular complexity index is 557. The maximum Gasteiger partial charge on any atom is 0.305 e. The van der Waals surface area contributed by atoms with Crippen molar-refractivity contribution in [3.8, 4) is 0 Å². The molecule has 0 radical (unpaired) electrons. The van der Waals surface area contributed by atoms with E-state index in [-0.39, 0.29) is 6.42 Å². The van der Waals surface area contributed by atoms with Gasteiger partial charge in [-0.2, -0.15) is 0 Å². The van der Waals surface area contributed by atoms with Gasteiger partial charge in [0, 0.05) is 23.2 Å². The Hall–Kier alpha value is -1.81. The number of carboxylic acid groups (broad SMARTS) is 1. The molecule has 2 rings (SSSR count). The van der Waals surface area contributed by atoms with Gasteiger partial charge in [-0.3, -0.25) is 4.79 Å². The summed E-state index contributed by atoms with van der Waals surface area (Å²) in [5.74, 6) is -0.152. The van der Waals surface area contributed by atoms with Crippen LogP contribution in [0.5, 0.6) is 0 Å². The fourth-order valence-corrected chi connectivity index (χ4v) is 1.76. The lowest BCUT2D eigenvalue weighted by Gasteiger charge is -2.07. The van der Waals surface area contributed by atoms with Crippen LogP contribution < -0.4 is 5.32 Å². The summed E-state index contributed by atoms with van der Waals surface area (Å²) in [5, 5.41) is 14.1. The molecule has 1 heterocycles. The molecule has 0 saturated carbocycles. The number of anilines is 1. The third-order valence-electron chi connectivity index (χ3n) is 2.36. The zero-order valence-corrected chi connectivity index (χ0v) is 9.74. The molecule has 0 spiro atoms. The highest BCUT2D eigenvalue weighted by Crippen LogP contribution is 2.23. The van der Waals surface area contributed by atoms with E-state index in [0.29, 0.717) is 17.4 Å². The second-order valence-corrected chi connectivity index (χ2v) is 4.03. The van der Waals surface area contributed by atoms with Crippen molar-refractivity contribution in [2.75, 3.05) is 11.9 Å². The predicted octanol–water partition coefficient (Wildman–Crippen LogP) is 2.77. The van der Waals surface area contributed by atoms with Gasteiger partial charge < -0.3 is 10.4 Å². The Labute approximate surface area is 103 Å². The zero-order chi connectivity index (χ0) is 12.3. The topological polar surface area (TPSA) is 62.2 Å². The SMILES string of the molecule is O=C(O)CCNc1nccc2cc(Cl)ccc12. The minimum absolute atomic E-state index is 0.0612. The van der Waals surface area contributed by atoms with E-state index >= 15 is 0 Å². The average molecular weight is 251 g/mol. The molecule has 2 aromatic rings. The lowest BCUT2D eigenvalue weighted by atomic mass is 10.1. The molecule has 0 unspecified atom stereocenters. The average Bonchev–Trinajstić information content (AvgIpc) is 2.28. The summed E-state index contributed by atoms with van der Waals surface area (Å²) in [6, 6.07) is 7.37. The van der Waals surface area contributed by atoms with Crippen LogP contribution in [0.1, 0.15) is 6.42 Å². The first-order chi connectivity index (χ1) is 8.16. The molecule has 0 saturated heterocycles. The summed E-state index contributed by atoms with van der Waals surface area (Å²) < 4.78 is 0. The van der Waals surface area contributed by atoms with Gasteiger partial charge in [0.1, 0.15) is 5.82 Å². The third kappa shape index (κ3) is 2.85. The second kappa shape index (κ2) is 5.01. The second-order valence-electron chi connectivity index (χ2n) is 3.60. The normalized spacial score (nSPS) is 10.4. The lowest BCUT2D eigenvalue weighted by molar-refractivity contribution is -0.136. The number of rotatable bonds is 4. The predicted molar refractivity (Wildman–Crippen MR) is 67.5 cm³/mol. The van der Waals surface area contributed by atoms with Gasteiger partial charge in [-0.05, 0) is 29.7 Å². The molecule has 0 bridgehead atoms. The van der Waals surface area contributed by atoms with Crippen molar-refractivity contribution >= 4 is 34.2 Å². The van der Waals surface area contributed by atoms with Gasteiger partial charge in [0.25, 0.3) is 0 Å². The quantitative estimate of drug-likeness (QED) is 0.876. The van der Waals surface area contributed by atoms with Crippen LogP contribution >= 0.6 is 11.6 Å². The molecule has 1 aromatic heterocycles. The highest BCUT2D eigenvalue weighted by atomic mass is 35.5. The molecule has 1 aromatic carbocycles. The Kier molecular flexibility index (Phi) is 3.44. The van der Waals surface area contributed by atoms with Crippen LogP contribution in [0.15, 0.2) is 30.5 Å². The van der Waals surface area contributed by atoms with Crippen LogP contribution in [-0.2, 0) is 4.79 Å². The van der Waals surface area contributed by atoms with Gasteiger partial charge in [0.15, 0.2) is 0 Å². The fourth-order valence-electron chi connectivity index (χ4n) is 1.58. The number of nitrogens with zero attached hydrogens (tertiary/aromatic N) is 1. The van der Waals surface area contributed by atoms with Crippen molar-refractivity contribution in [3.05, 3.63) is 35.5 Å². The number of aliphatic carboxylic acids is 1. The van der Waals surface area contributed by atoms with Gasteiger partial charge in [-0.15, -0.1) is 0 Å². The van der Waals surface area contributed by atoms with E-state index in [9.17, 15) is 4.79 Å². The minimum atomic E-state index is -0.833. The van der Waals surface area contributed by atoms with E-state index in [0.717, 1.165) is 10.8 Å². The first kappa shape index (κ1) is 11.7. The Balaban J connectivity index is 2.25. The Morgan fingerprint density at radius 3 is 3.00 bits per heavy atom. The first-order valence-electron chi connectivity index (χ1n) is 5.17. The van der Waals surface area contributed by atoms with E-state index in [4.69, 9.17) is 16.7 Å². The summed E-state index contributed by atoms with van der Waals surface area (Å²) in [7, 11) is 0. The number of hydrogen-bond donors (Lipinski definition) is 2. The van der Waals surface area contributed by atoms with E-state index in [1.165, 1.54) is 0 Å². The van der Waals surface area contributed by atoms with Crippen LogP contribution in [0.2, 0.25) is 5.02 Å². The number of halogens is 1. The van der Waals surface area contributed by atoms with Crippen LogP contribution in [-0.4, -0.2) is 22.6 Å². The molecule has 0 fully saturated rings. The molecule has 0 aliphatic heterocycles. The number of benzene rings is 1. The standard InChI is InChI=1S/C12H11ClN2O2/c13-9-1-2-10-8(7-9)3-5-14-12(10)15-6-4-11(16)17/h1-3,5,7H,4,6H2,(H,14,15)(H,16,17). The van der Waals surface area contributed by atoms with Crippen LogP contribution in [0, 0.1) is 0 Å². The molecular formula is C12H11ClN2O2. The Morgan fingerprint density at radius 1 is 1.41 bits per heavy atom. The van der Waals surface area contributed by atoms with Gasteiger partial charge >= 0.3 is 5.97 Å². The summed E-state index contributed by atoms with van der Waals surface area (Å²) >= 11 is 5.90. The summed E-state index contributed by atoms with van der Waals surface area (Å²) in [6.45, 7) is 0.351. The van der Waals surface area contributed by atoms with Gasteiger partial charge in [0.05, 0.1) is 6.42 Å². The third-order valence-corrected chi connectivity index (χ3v) is 2.59. The molecule has 5 heteroatoms. The van der Waals surface area contributed by atoms with E-state index in [2.05, 4.69) is 10.3 Å². The van der Waals surface area contributed by atoms with Crippen LogP contribution in [0.3, 0.4) is 0 Å². The molecule has 0 aliphatic carbocycles. The summed E-state index contributed by atoms with van der Waals surface area (Å²) in [5.41, 5.74) is 0. The zero-order valence-electron chi connectivity index (χ0n) is 8.98. The summed E-state index contributed by atoms with van der Waals surface area (Å²) in [4.78, 5) is 14.6. The van der Waals surface area contributed by atoms with E-state index in [1.54, 1.807) is 12.3 Å². The number of hydrogen-bond acceptors (Lipinski definition) is 3. The molecule has 17 heavy (non-hydrogen) atoms. The van der Waals surface area contributed by atoms with Gasteiger partial charge in [-0.1, -0.05) is 11.6 Å². The molecule has 0 amide bonds. The van der Waals surface area contributed by atoms with Crippen molar-refractivity contribution in [1.82, 2.24) is 4.98 Å². The van der Waals surface area contributed by atoms with Crippen LogP contribution in [0.25, 0.3) is 10.8 Å². The lowest BCUT2D eigenvalue weighted by Crippen LogP contribution is -2.08. The molecule has 88 valence electrons. The van der Waals surface area contributed by atoms with Crippen molar-refractivity contribution in [2.24, 2.45) is 0 Å². The fraction of sp³-hybridized carbons (Fsp3) is 0.167. The molecule has 4 nitrogen and oxygen atoms in total. The maximum absolute atomic E-state index is 10.4. The van der Waals surface area contributed by atoms with Crippen molar-refractivity contribution in [2.45, 2.75) is 6.42 Å². The molecule has 0 atom stereocenters. The van der Waals surface area contributed by atoms with Crippen molar-refractivity contribution in [3.63, 3.8) is 0 Å². The first-order valence-corrected chi connectivity index (χ1v) is 5.54. The number of carbonyl (C=O) groups is 1. The van der Waals surface area contributed by atoms with Crippen molar-refractivity contribution in [1.29, 1.82) is 0 Å². The number of carboxylic acids is 1. The molecule has 2 N–H and O–H groups in total. The highest BCUT2D eigenvalue weighted by molar-refractivity contribution is 6.31. The van der Waals surface area contributed by atoms with E-state index < -0.39 is 5.97 Å². The largest absolute Gasteiger partial charge is 0.481 e. The molecular weight excluding hydrogens is 240 g/mol. The maximum atomic E-state index is 10.4. The molecule has 0 aliphatic rings. The number of nitrogens with one attached hydrogen (secondary N) is 1. The number of aromatic nitrogens is 1. The van der Waals surface area contributed by atoms with Crippen molar-refractivity contribution < 1.29 is 9.90 Å². The minimum Gasteiger partial charge on any atom is -0.481 e. The smallest absolute Gasteiger partial charge is 0.305 e. The monoisotopic (exact) mass is 250 g/mol. The van der Waals surface area contributed by atoms with Crippen LogP contribution in [0.4, 0.5) is 5.82 Å².